The van der Waals surface area contributed by atoms with Crippen molar-refractivity contribution in [1.29, 1.82) is 0 Å². The Bertz CT molecular complexity index is 141. The summed E-state index contributed by atoms with van der Waals surface area (Å²) in [5.41, 5.74) is 5.96. The van der Waals surface area contributed by atoms with Crippen molar-refractivity contribution in [3.63, 3.8) is 0 Å². The van der Waals surface area contributed by atoms with Crippen molar-refractivity contribution in [1.82, 2.24) is 10.9 Å². The van der Waals surface area contributed by atoms with Gasteiger partial charge in [0.1, 0.15) is 6.73 Å². The van der Waals surface area contributed by atoms with Crippen molar-refractivity contribution in [2.45, 2.75) is 0 Å². The van der Waals surface area contributed by atoms with Crippen LogP contribution >= 0.6 is 0 Å². The van der Waals surface area contributed by atoms with Crippen LogP contribution in [-0.4, -0.2) is 11.8 Å². The maximum absolute atomic E-state index is 8.32. The molecule has 0 atom stereocenters. The van der Waals surface area contributed by atoms with Crippen LogP contribution < -0.4 is 10.9 Å². The molecule has 0 spiro atoms. The lowest BCUT2D eigenvalue weighted by Gasteiger charge is -2.04. The number of hydrogen-bond acceptors (Lipinski definition) is 3. The first kappa shape index (κ1) is 8.94. The van der Waals surface area contributed by atoms with E-state index >= 15 is 0 Å². The molecule has 3 nitrogen and oxygen atoms in total. The van der Waals surface area contributed by atoms with Crippen LogP contribution in [0.5, 0.6) is 0 Å². The lowest BCUT2D eigenvalue weighted by molar-refractivity contribution is 0.247. The monoisotopic (exact) mass is 140 g/mol. The van der Waals surface area contributed by atoms with E-state index < -0.39 is 0 Å². The molecule has 0 aromatic carbocycles. The third kappa shape index (κ3) is 3.88. The van der Waals surface area contributed by atoms with Gasteiger partial charge in [0.25, 0.3) is 0 Å². The highest BCUT2D eigenvalue weighted by atomic mass is 16.3. The van der Waals surface area contributed by atoms with Gasteiger partial charge in [-0.05, 0) is 12.2 Å². The van der Waals surface area contributed by atoms with Gasteiger partial charge in [-0.2, -0.15) is 0 Å². The molecule has 0 aliphatic rings. The summed E-state index contributed by atoms with van der Waals surface area (Å²) in [6.07, 6.45) is 4.98. The number of allylic oxidation sites excluding steroid dienone is 3. The first-order valence-electron chi connectivity index (χ1n) is 2.90. The molecule has 3 heteroatoms. The largest absolute Gasteiger partial charge is 0.380 e. The summed E-state index contributed by atoms with van der Waals surface area (Å²) >= 11 is 0. The Morgan fingerprint density at radius 2 is 2.20 bits per heavy atom. The van der Waals surface area contributed by atoms with Crippen LogP contribution in [0.25, 0.3) is 0 Å². The number of rotatable bonds is 5. The zero-order valence-corrected chi connectivity index (χ0v) is 5.80. The SMILES string of the molecule is C=C/C=C(\C=C)NNCO. The fourth-order valence-corrected chi connectivity index (χ4v) is 0.429. The van der Waals surface area contributed by atoms with Gasteiger partial charge in [0.15, 0.2) is 0 Å². The van der Waals surface area contributed by atoms with E-state index in [-0.39, 0.29) is 6.73 Å². The molecule has 3 N–H and O–H groups in total. The van der Waals surface area contributed by atoms with Gasteiger partial charge in [-0.25, -0.2) is 5.43 Å². The second-order valence-corrected chi connectivity index (χ2v) is 1.52. The van der Waals surface area contributed by atoms with Crippen LogP contribution in [0.15, 0.2) is 37.1 Å². The van der Waals surface area contributed by atoms with Gasteiger partial charge in [0, 0.05) is 5.70 Å². The molecule has 0 bridgehead atoms. The smallest absolute Gasteiger partial charge is 0.110 e. The van der Waals surface area contributed by atoms with Crippen molar-refractivity contribution in [3.8, 4) is 0 Å². The zero-order chi connectivity index (χ0) is 7.82. The second-order valence-electron chi connectivity index (χ2n) is 1.52. The topological polar surface area (TPSA) is 44.3 Å². The van der Waals surface area contributed by atoms with Crippen molar-refractivity contribution < 1.29 is 5.11 Å². The number of nitrogens with one attached hydrogen (secondary N) is 2. The van der Waals surface area contributed by atoms with Crippen LogP contribution in [-0.2, 0) is 0 Å². The van der Waals surface area contributed by atoms with Gasteiger partial charge in [-0.15, -0.1) is 0 Å². The van der Waals surface area contributed by atoms with Gasteiger partial charge in [0.05, 0.1) is 0 Å². The van der Waals surface area contributed by atoms with E-state index in [4.69, 9.17) is 5.11 Å². The quantitative estimate of drug-likeness (QED) is 0.292. The first-order chi connectivity index (χ1) is 4.85. The Morgan fingerprint density at radius 3 is 2.60 bits per heavy atom. The molecule has 0 saturated carbocycles. The van der Waals surface area contributed by atoms with Gasteiger partial charge < -0.3 is 10.5 Å². The second kappa shape index (κ2) is 6.07. The minimum atomic E-state index is -0.123. The van der Waals surface area contributed by atoms with E-state index in [1.54, 1.807) is 18.2 Å². The van der Waals surface area contributed by atoms with Crippen LogP contribution in [0.2, 0.25) is 0 Å². The highest BCUT2D eigenvalue weighted by Gasteiger charge is 1.83. The third-order valence-electron chi connectivity index (χ3n) is 0.829. The molecule has 0 amide bonds. The standard InChI is InChI=1S/C7H12N2O/c1-3-5-7(4-2)9-8-6-10/h3-5,8-10H,1-2,6H2/b7-5+. The lowest BCUT2D eigenvalue weighted by atomic mass is 10.4. The summed E-state index contributed by atoms with van der Waals surface area (Å²) in [7, 11) is 0. The molecule has 56 valence electrons. The lowest BCUT2D eigenvalue weighted by Crippen LogP contribution is -2.30. The summed E-state index contributed by atoms with van der Waals surface area (Å²) in [4.78, 5) is 0. The number of aliphatic hydroxyl groups excluding tert-OH is 1. The summed E-state index contributed by atoms with van der Waals surface area (Å²) in [6, 6.07) is 0. The Kier molecular flexibility index (Phi) is 5.42. The maximum atomic E-state index is 8.32. The summed E-state index contributed by atoms with van der Waals surface area (Å²) in [5.74, 6) is 0. The van der Waals surface area contributed by atoms with Crippen LogP contribution in [0, 0.1) is 0 Å². The molecular formula is C7H12N2O. The van der Waals surface area contributed by atoms with Crippen LogP contribution in [0.4, 0.5) is 0 Å². The van der Waals surface area contributed by atoms with Gasteiger partial charge >= 0.3 is 0 Å². The molecule has 0 radical (unpaired) electrons. The number of hydrogen-bond donors (Lipinski definition) is 3. The molecule has 0 aliphatic heterocycles. The van der Waals surface area contributed by atoms with Gasteiger partial charge in [-0.3, -0.25) is 0 Å². The van der Waals surface area contributed by atoms with Crippen molar-refractivity contribution in [2.75, 3.05) is 6.73 Å². The van der Waals surface area contributed by atoms with Crippen molar-refractivity contribution >= 4 is 0 Å². The number of aliphatic hydroxyl groups is 1. The Hall–Kier alpha value is -1.06. The Labute approximate surface area is 60.7 Å². The van der Waals surface area contributed by atoms with Crippen molar-refractivity contribution in [3.05, 3.63) is 37.1 Å². The highest BCUT2D eigenvalue weighted by Crippen LogP contribution is 1.86. The Balaban J connectivity index is 3.70. The predicted octanol–water partition coefficient (Wildman–Crippen LogP) is 0.286. The molecule has 0 saturated heterocycles. The van der Waals surface area contributed by atoms with Gasteiger partial charge in [0.2, 0.25) is 0 Å². The van der Waals surface area contributed by atoms with E-state index in [1.807, 2.05) is 0 Å². The molecule has 0 fully saturated rings. The van der Waals surface area contributed by atoms with Crippen LogP contribution in [0.1, 0.15) is 0 Å². The van der Waals surface area contributed by atoms with E-state index in [9.17, 15) is 0 Å². The molecule has 0 aromatic rings. The first-order valence-corrected chi connectivity index (χ1v) is 2.90. The molecule has 10 heavy (non-hydrogen) atoms. The van der Waals surface area contributed by atoms with Crippen LogP contribution in [0.3, 0.4) is 0 Å². The average molecular weight is 140 g/mol. The van der Waals surface area contributed by atoms with E-state index in [1.165, 1.54) is 0 Å². The van der Waals surface area contributed by atoms with E-state index in [2.05, 4.69) is 24.0 Å². The van der Waals surface area contributed by atoms with Gasteiger partial charge in [-0.1, -0.05) is 19.2 Å². The van der Waals surface area contributed by atoms with Crippen molar-refractivity contribution in [2.24, 2.45) is 0 Å². The normalized spacial score (nSPS) is 10.7. The minimum absolute atomic E-state index is 0.123. The predicted molar refractivity (Wildman–Crippen MR) is 41.8 cm³/mol. The Morgan fingerprint density at radius 1 is 1.50 bits per heavy atom. The molecule has 0 aromatic heterocycles. The zero-order valence-electron chi connectivity index (χ0n) is 5.80. The average Bonchev–Trinajstić information content (AvgIpc) is 1.98. The molecular weight excluding hydrogens is 128 g/mol. The minimum Gasteiger partial charge on any atom is -0.380 e. The summed E-state index contributed by atoms with van der Waals surface area (Å²) in [5, 5.41) is 8.32. The highest BCUT2D eigenvalue weighted by molar-refractivity contribution is 5.18. The van der Waals surface area contributed by atoms with E-state index in [0.29, 0.717) is 0 Å². The molecule has 0 rings (SSSR count). The summed E-state index contributed by atoms with van der Waals surface area (Å²) < 4.78 is 0. The van der Waals surface area contributed by atoms with E-state index in [0.717, 1.165) is 5.70 Å². The molecule has 0 heterocycles. The number of hydrazine groups is 1. The molecule has 0 aliphatic carbocycles. The maximum Gasteiger partial charge on any atom is 0.110 e. The third-order valence-corrected chi connectivity index (χ3v) is 0.829. The fraction of sp³-hybridized carbons (Fsp3) is 0.143. The molecule has 0 unspecified atom stereocenters. The fourth-order valence-electron chi connectivity index (χ4n) is 0.429. The summed E-state index contributed by atoms with van der Waals surface area (Å²) in [6.45, 7) is 6.91.